The second-order valence-electron chi connectivity index (χ2n) is 5.09. The molecule has 2 heterocycles. The maximum Gasteiger partial charge on any atom is 0.213 e. The Hall–Kier alpha value is -1.19. The van der Waals surface area contributed by atoms with Gasteiger partial charge in [0.25, 0.3) is 0 Å². The van der Waals surface area contributed by atoms with Gasteiger partial charge in [-0.1, -0.05) is 23.2 Å². The first-order valence-electron chi connectivity index (χ1n) is 7.55. The van der Waals surface area contributed by atoms with Crippen molar-refractivity contribution < 1.29 is 4.74 Å². The molecule has 0 aliphatic carbocycles. The van der Waals surface area contributed by atoms with Gasteiger partial charge in [-0.2, -0.15) is 0 Å². The van der Waals surface area contributed by atoms with Gasteiger partial charge in [0, 0.05) is 31.5 Å². The zero-order valence-electron chi connectivity index (χ0n) is 14.3. The van der Waals surface area contributed by atoms with E-state index in [2.05, 4.69) is 20.6 Å². The second-order valence-corrected chi connectivity index (χ2v) is 5.85. The molecule has 0 amide bonds. The van der Waals surface area contributed by atoms with Gasteiger partial charge in [-0.15, -0.1) is 24.0 Å². The lowest BCUT2D eigenvalue weighted by molar-refractivity contribution is 0.397. The number of methoxy groups -OCH3 is 1. The summed E-state index contributed by atoms with van der Waals surface area (Å²) in [6.07, 6.45) is 1.71. The van der Waals surface area contributed by atoms with Crippen molar-refractivity contribution in [2.45, 2.75) is 20.0 Å². The maximum absolute atomic E-state index is 6.08. The third-order valence-corrected chi connectivity index (χ3v) is 4.27. The van der Waals surface area contributed by atoms with Gasteiger partial charge in [-0.3, -0.25) is 0 Å². The van der Waals surface area contributed by atoms with Gasteiger partial charge in [-0.25, -0.2) is 9.98 Å². The molecule has 2 rings (SSSR count). The third kappa shape index (κ3) is 6.23. The monoisotopic (exact) mass is 497 g/mol. The molecule has 0 aromatic carbocycles. The van der Waals surface area contributed by atoms with Crippen LogP contribution in [0.3, 0.4) is 0 Å². The molecule has 25 heavy (non-hydrogen) atoms. The predicted molar refractivity (Wildman–Crippen MR) is 113 cm³/mol. The van der Waals surface area contributed by atoms with E-state index >= 15 is 0 Å². The SMILES string of the molecule is CCNC(=NCc1ccnc(OC)c1)NCc1cc(Cl)c(Cl)n1C.I. The Morgan fingerprint density at radius 3 is 2.68 bits per heavy atom. The summed E-state index contributed by atoms with van der Waals surface area (Å²) in [6.45, 7) is 3.86. The molecular formula is C16H22Cl2IN5O. The van der Waals surface area contributed by atoms with E-state index in [9.17, 15) is 0 Å². The molecule has 0 aliphatic heterocycles. The van der Waals surface area contributed by atoms with Crippen molar-refractivity contribution in [1.82, 2.24) is 20.2 Å². The van der Waals surface area contributed by atoms with E-state index < -0.39 is 0 Å². The quantitative estimate of drug-likeness (QED) is 0.363. The predicted octanol–water partition coefficient (Wildman–Crippen LogP) is 3.61. The van der Waals surface area contributed by atoms with Gasteiger partial charge < -0.3 is 19.9 Å². The van der Waals surface area contributed by atoms with Crippen LogP contribution in [0.15, 0.2) is 29.4 Å². The minimum absolute atomic E-state index is 0. The Bertz CT molecular complexity index is 721. The summed E-state index contributed by atoms with van der Waals surface area (Å²) in [5, 5.41) is 7.55. The summed E-state index contributed by atoms with van der Waals surface area (Å²) in [7, 11) is 3.47. The summed E-state index contributed by atoms with van der Waals surface area (Å²) in [6, 6.07) is 5.62. The summed E-state index contributed by atoms with van der Waals surface area (Å²) in [5.74, 6) is 1.29. The minimum Gasteiger partial charge on any atom is -0.481 e. The molecule has 2 aromatic rings. The fraction of sp³-hybridized carbons (Fsp3) is 0.375. The third-order valence-electron chi connectivity index (χ3n) is 3.43. The fourth-order valence-electron chi connectivity index (χ4n) is 2.11. The van der Waals surface area contributed by atoms with Crippen molar-refractivity contribution in [3.05, 3.63) is 45.8 Å². The number of aliphatic imine (C=N–C) groups is 1. The Labute approximate surface area is 175 Å². The lowest BCUT2D eigenvalue weighted by Crippen LogP contribution is -2.37. The molecule has 6 nitrogen and oxygen atoms in total. The number of nitrogens with one attached hydrogen (secondary N) is 2. The van der Waals surface area contributed by atoms with Crippen LogP contribution < -0.4 is 15.4 Å². The topological polar surface area (TPSA) is 63.5 Å². The molecule has 0 saturated carbocycles. The van der Waals surface area contributed by atoms with Crippen LogP contribution in [0.4, 0.5) is 0 Å². The van der Waals surface area contributed by atoms with E-state index in [-0.39, 0.29) is 24.0 Å². The maximum atomic E-state index is 6.08. The first-order chi connectivity index (χ1) is 11.5. The van der Waals surface area contributed by atoms with Crippen LogP contribution in [0, 0.1) is 0 Å². The Balaban J connectivity index is 0.00000312. The molecule has 0 unspecified atom stereocenters. The number of halogens is 3. The Morgan fingerprint density at radius 1 is 1.32 bits per heavy atom. The first kappa shape index (κ1) is 21.9. The average Bonchev–Trinajstić information content (AvgIpc) is 2.84. The van der Waals surface area contributed by atoms with E-state index in [1.165, 1.54) is 0 Å². The van der Waals surface area contributed by atoms with Crippen molar-refractivity contribution in [3.63, 3.8) is 0 Å². The molecular weight excluding hydrogens is 476 g/mol. The average molecular weight is 498 g/mol. The molecule has 0 fully saturated rings. The number of nitrogens with zero attached hydrogens (tertiary/aromatic N) is 3. The molecule has 2 N–H and O–H groups in total. The van der Waals surface area contributed by atoms with Gasteiger partial charge in [0.1, 0.15) is 5.15 Å². The number of aromatic nitrogens is 2. The lowest BCUT2D eigenvalue weighted by Gasteiger charge is -2.12. The number of hydrogen-bond acceptors (Lipinski definition) is 3. The van der Waals surface area contributed by atoms with Crippen LogP contribution in [-0.4, -0.2) is 29.2 Å². The summed E-state index contributed by atoms with van der Waals surface area (Å²) in [5.41, 5.74) is 1.99. The molecule has 2 aromatic heterocycles. The normalized spacial score (nSPS) is 11.0. The highest BCUT2D eigenvalue weighted by Gasteiger charge is 2.09. The minimum atomic E-state index is 0. The zero-order chi connectivity index (χ0) is 17.5. The zero-order valence-corrected chi connectivity index (χ0v) is 18.2. The van der Waals surface area contributed by atoms with Gasteiger partial charge >= 0.3 is 0 Å². The van der Waals surface area contributed by atoms with Crippen LogP contribution in [0.1, 0.15) is 18.2 Å². The highest BCUT2D eigenvalue weighted by Crippen LogP contribution is 2.24. The van der Waals surface area contributed by atoms with Crippen molar-refractivity contribution in [2.24, 2.45) is 12.0 Å². The summed E-state index contributed by atoms with van der Waals surface area (Å²) in [4.78, 5) is 8.66. The molecule has 9 heteroatoms. The highest BCUT2D eigenvalue weighted by atomic mass is 127. The van der Waals surface area contributed by atoms with E-state index in [1.807, 2.05) is 36.7 Å². The van der Waals surface area contributed by atoms with Gasteiger partial charge in [0.2, 0.25) is 5.88 Å². The standard InChI is InChI=1S/C16H21Cl2N5O.HI/c1-4-19-16(21-9-11-5-6-20-14(7-11)24-3)22-10-12-8-13(17)15(18)23(12)2;/h5-8H,4,9-10H2,1-3H3,(H2,19,21,22);1H. The fourth-order valence-corrected chi connectivity index (χ4v) is 2.52. The molecule has 0 saturated heterocycles. The van der Waals surface area contributed by atoms with Crippen molar-refractivity contribution in [2.75, 3.05) is 13.7 Å². The molecule has 0 aliphatic rings. The Morgan fingerprint density at radius 2 is 2.08 bits per heavy atom. The van der Waals surface area contributed by atoms with Gasteiger partial charge in [-0.05, 0) is 24.6 Å². The van der Waals surface area contributed by atoms with Crippen LogP contribution in [0.2, 0.25) is 10.2 Å². The van der Waals surface area contributed by atoms with Crippen molar-refractivity contribution in [1.29, 1.82) is 0 Å². The van der Waals surface area contributed by atoms with E-state index in [1.54, 1.807) is 13.3 Å². The van der Waals surface area contributed by atoms with Crippen molar-refractivity contribution in [3.8, 4) is 5.88 Å². The van der Waals surface area contributed by atoms with Crippen LogP contribution in [0.25, 0.3) is 0 Å². The number of hydrogen-bond donors (Lipinski definition) is 2. The summed E-state index contributed by atoms with van der Waals surface area (Å²) < 4.78 is 6.96. The number of rotatable bonds is 6. The number of pyridine rings is 1. The molecule has 138 valence electrons. The van der Waals surface area contributed by atoms with Crippen LogP contribution in [0.5, 0.6) is 5.88 Å². The van der Waals surface area contributed by atoms with E-state index in [4.69, 9.17) is 27.9 Å². The molecule has 0 radical (unpaired) electrons. The smallest absolute Gasteiger partial charge is 0.213 e. The summed E-state index contributed by atoms with van der Waals surface area (Å²) >= 11 is 12.1. The number of guanidine groups is 1. The van der Waals surface area contributed by atoms with E-state index in [0.717, 1.165) is 17.8 Å². The largest absolute Gasteiger partial charge is 0.481 e. The van der Waals surface area contributed by atoms with Gasteiger partial charge in [0.05, 0.1) is 25.2 Å². The Kier molecular flexibility index (Phi) is 9.37. The second kappa shape index (κ2) is 10.7. The van der Waals surface area contributed by atoms with Gasteiger partial charge in [0.15, 0.2) is 5.96 Å². The van der Waals surface area contributed by atoms with E-state index in [0.29, 0.717) is 35.1 Å². The number of ether oxygens (including phenoxy) is 1. The first-order valence-corrected chi connectivity index (χ1v) is 8.31. The van der Waals surface area contributed by atoms with Crippen LogP contribution in [-0.2, 0) is 20.1 Å². The lowest BCUT2D eigenvalue weighted by atomic mass is 10.3. The van der Waals surface area contributed by atoms with Crippen molar-refractivity contribution >= 4 is 53.1 Å². The molecule has 0 bridgehead atoms. The highest BCUT2D eigenvalue weighted by molar-refractivity contribution is 14.0. The van der Waals surface area contributed by atoms with Crippen LogP contribution >= 0.6 is 47.2 Å². The molecule has 0 atom stereocenters. The molecule has 0 spiro atoms.